The maximum absolute atomic E-state index is 11.3. The van der Waals surface area contributed by atoms with Crippen molar-refractivity contribution in [2.45, 2.75) is 6.54 Å². The highest BCUT2D eigenvalue weighted by atomic mass is 32.2. The lowest BCUT2D eigenvalue weighted by Gasteiger charge is -2.32. The van der Waals surface area contributed by atoms with E-state index in [2.05, 4.69) is 20.1 Å². The monoisotopic (exact) mass is 245 g/mol. The fourth-order valence-electron chi connectivity index (χ4n) is 1.74. The van der Waals surface area contributed by atoms with E-state index in [-0.39, 0.29) is 0 Å². The molecule has 90 valence electrons. The van der Waals surface area contributed by atoms with Crippen molar-refractivity contribution in [2.24, 2.45) is 0 Å². The van der Waals surface area contributed by atoms with Gasteiger partial charge in [0.25, 0.3) is 0 Å². The van der Waals surface area contributed by atoms with Gasteiger partial charge >= 0.3 is 0 Å². The van der Waals surface area contributed by atoms with Crippen molar-refractivity contribution in [3.63, 3.8) is 0 Å². The molecule has 16 heavy (non-hydrogen) atoms. The molecule has 1 aromatic rings. The Morgan fingerprint density at radius 2 is 2.06 bits per heavy atom. The number of rotatable bonds is 3. The quantitative estimate of drug-likeness (QED) is 0.729. The van der Waals surface area contributed by atoms with Crippen LogP contribution >= 0.6 is 0 Å². The molecule has 0 amide bonds. The first kappa shape index (κ1) is 11.5. The van der Waals surface area contributed by atoms with E-state index in [4.69, 9.17) is 0 Å². The highest BCUT2D eigenvalue weighted by molar-refractivity contribution is 7.88. The number of aromatic nitrogens is 3. The molecule has 0 saturated carbocycles. The highest BCUT2D eigenvalue weighted by Crippen LogP contribution is 2.07. The molecule has 0 spiro atoms. The van der Waals surface area contributed by atoms with Crippen LogP contribution in [0.3, 0.4) is 0 Å². The molecule has 0 aliphatic carbocycles. The molecule has 1 saturated heterocycles. The van der Waals surface area contributed by atoms with E-state index in [9.17, 15) is 8.42 Å². The van der Waals surface area contributed by atoms with Gasteiger partial charge in [0.1, 0.15) is 12.2 Å². The van der Waals surface area contributed by atoms with Crippen molar-refractivity contribution in [3.8, 4) is 0 Å². The Morgan fingerprint density at radius 3 is 2.56 bits per heavy atom. The third-order valence-electron chi connectivity index (χ3n) is 2.64. The van der Waals surface area contributed by atoms with Gasteiger partial charge in [0.05, 0.1) is 12.8 Å². The van der Waals surface area contributed by atoms with Crippen molar-refractivity contribution >= 4 is 10.0 Å². The number of H-pyrrole nitrogens is 1. The van der Waals surface area contributed by atoms with E-state index in [1.165, 1.54) is 16.9 Å². The fourth-order valence-corrected chi connectivity index (χ4v) is 2.56. The van der Waals surface area contributed by atoms with Crippen molar-refractivity contribution in [1.29, 1.82) is 0 Å². The third-order valence-corrected chi connectivity index (χ3v) is 3.94. The van der Waals surface area contributed by atoms with E-state index in [1.54, 1.807) is 0 Å². The lowest BCUT2D eigenvalue weighted by atomic mass is 10.3. The molecule has 0 unspecified atom stereocenters. The topological polar surface area (TPSA) is 82.2 Å². The van der Waals surface area contributed by atoms with Gasteiger partial charge in [0, 0.05) is 26.2 Å². The van der Waals surface area contributed by atoms with Crippen molar-refractivity contribution < 1.29 is 8.42 Å². The van der Waals surface area contributed by atoms with Gasteiger partial charge in [-0.05, 0) is 0 Å². The summed E-state index contributed by atoms with van der Waals surface area (Å²) in [4.78, 5) is 6.19. The Labute approximate surface area is 94.5 Å². The number of aromatic amines is 1. The van der Waals surface area contributed by atoms with Crippen LogP contribution in [0.2, 0.25) is 0 Å². The zero-order valence-electron chi connectivity index (χ0n) is 9.13. The molecule has 0 atom stereocenters. The molecular formula is C8H15N5O2S. The van der Waals surface area contributed by atoms with E-state index >= 15 is 0 Å². The van der Waals surface area contributed by atoms with Crippen molar-refractivity contribution in [2.75, 3.05) is 32.4 Å². The number of hydrogen-bond donors (Lipinski definition) is 1. The largest absolute Gasteiger partial charge is 0.293 e. The summed E-state index contributed by atoms with van der Waals surface area (Å²) in [5.41, 5.74) is 0. The Morgan fingerprint density at radius 1 is 1.38 bits per heavy atom. The minimum absolute atomic E-state index is 0.549. The molecule has 2 rings (SSSR count). The number of nitrogens with one attached hydrogen (secondary N) is 1. The molecule has 0 radical (unpaired) electrons. The summed E-state index contributed by atoms with van der Waals surface area (Å²) in [6, 6.07) is 0. The SMILES string of the molecule is CS(=O)(=O)N1CCN(Cc2ncn[nH]2)CC1. The first-order valence-electron chi connectivity index (χ1n) is 5.07. The van der Waals surface area contributed by atoms with Gasteiger partial charge < -0.3 is 0 Å². The normalized spacial score (nSPS) is 20.1. The smallest absolute Gasteiger partial charge is 0.211 e. The summed E-state index contributed by atoms with van der Waals surface area (Å²) in [6.07, 6.45) is 2.72. The van der Waals surface area contributed by atoms with E-state index in [0.29, 0.717) is 19.6 Å². The van der Waals surface area contributed by atoms with E-state index < -0.39 is 10.0 Å². The Kier molecular flexibility index (Phi) is 3.22. The van der Waals surface area contributed by atoms with Gasteiger partial charge in [0.2, 0.25) is 10.0 Å². The van der Waals surface area contributed by atoms with Crippen LogP contribution < -0.4 is 0 Å². The van der Waals surface area contributed by atoms with Crippen LogP contribution in [0, 0.1) is 0 Å². The first-order chi connectivity index (χ1) is 7.55. The van der Waals surface area contributed by atoms with Crippen LogP contribution in [0.4, 0.5) is 0 Å². The summed E-state index contributed by atoms with van der Waals surface area (Å²) in [5, 5.41) is 6.56. The first-order valence-corrected chi connectivity index (χ1v) is 6.92. The minimum atomic E-state index is -3.04. The Hall–Kier alpha value is -0.990. The maximum Gasteiger partial charge on any atom is 0.211 e. The number of hydrogen-bond acceptors (Lipinski definition) is 5. The van der Waals surface area contributed by atoms with Crippen molar-refractivity contribution in [3.05, 3.63) is 12.2 Å². The zero-order chi connectivity index (χ0) is 11.6. The summed E-state index contributed by atoms with van der Waals surface area (Å²) >= 11 is 0. The molecule has 1 aliphatic rings. The number of nitrogens with zero attached hydrogens (tertiary/aromatic N) is 4. The predicted molar refractivity (Wildman–Crippen MR) is 58.1 cm³/mol. The molecule has 1 N–H and O–H groups in total. The molecule has 1 aliphatic heterocycles. The van der Waals surface area contributed by atoms with Crippen molar-refractivity contribution in [1.82, 2.24) is 24.4 Å². The third kappa shape index (κ3) is 2.77. The minimum Gasteiger partial charge on any atom is -0.293 e. The average Bonchev–Trinajstić information content (AvgIpc) is 2.70. The second kappa shape index (κ2) is 4.48. The molecule has 2 heterocycles. The predicted octanol–water partition coefficient (Wildman–Crippen LogP) is -1.12. The summed E-state index contributed by atoms with van der Waals surface area (Å²) < 4.78 is 24.1. The van der Waals surface area contributed by atoms with Gasteiger partial charge in [-0.15, -0.1) is 0 Å². The Balaban J connectivity index is 1.86. The summed E-state index contributed by atoms with van der Waals surface area (Å²) in [7, 11) is -3.04. The van der Waals surface area contributed by atoms with Gasteiger partial charge in [-0.25, -0.2) is 13.4 Å². The van der Waals surface area contributed by atoms with Crippen LogP contribution in [-0.4, -0.2) is 65.2 Å². The average molecular weight is 245 g/mol. The van der Waals surface area contributed by atoms with Crippen LogP contribution in [-0.2, 0) is 16.6 Å². The van der Waals surface area contributed by atoms with Gasteiger partial charge in [0.15, 0.2) is 0 Å². The standard InChI is InChI=1S/C8H15N5O2S/c1-16(14,15)13-4-2-12(3-5-13)6-8-9-7-10-11-8/h7H,2-6H2,1H3,(H,9,10,11). The van der Waals surface area contributed by atoms with Crippen LogP contribution in [0.25, 0.3) is 0 Å². The molecule has 1 fully saturated rings. The van der Waals surface area contributed by atoms with Gasteiger partial charge in [-0.1, -0.05) is 0 Å². The lowest BCUT2D eigenvalue weighted by molar-refractivity contribution is 0.179. The zero-order valence-corrected chi connectivity index (χ0v) is 9.94. The molecular weight excluding hydrogens is 230 g/mol. The highest BCUT2D eigenvalue weighted by Gasteiger charge is 2.23. The Bertz CT molecular complexity index is 421. The molecule has 8 heteroatoms. The fraction of sp³-hybridized carbons (Fsp3) is 0.750. The van der Waals surface area contributed by atoms with Gasteiger partial charge in [-0.3, -0.25) is 10.00 Å². The van der Waals surface area contributed by atoms with Gasteiger partial charge in [-0.2, -0.15) is 9.40 Å². The molecule has 7 nitrogen and oxygen atoms in total. The maximum atomic E-state index is 11.3. The molecule has 1 aromatic heterocycles. The number of piperazine rings is 1. The van der Waals surface area contributed by atoms with Crippen LogP contribution in [0.1, 0.15) is 5.82 Å². The van der Waals surface area contributed by atoms with Crippen LogP contribution in [0.15, 0.2) is 6.33 Å². The second-order valence-corrected chi connectivity index (χ2v) is 5.85. The molecule has 0 aromatic carbocycles. The second-order valence-electron chi connectivity index (χ2n) is 3.87. The van der Waals surface area contributed by atoms with E-state index in [1.807, 2.05) is 0 Å². The van der Waals surface area contributed by atoms with Crippen LogP contribution in [0.5, 0.6) is 0 Å². The summed E-state index contributed by atoms with van der Waals surface area (Å²) in [5.74, 6) is 0.813. The summed E-state index contributed by atoms with van der Waals surface area (Å²) in [6.45, 7) is 3.25. The lowest BCUT2D eigenvalue weighted by Crippen LogP contribution is -2.47. The number of sulfonamides is 1. The molecule has 0 bridgehead atoms. The van der Waals surface area contributed by atoms with E-state index in [0.717, 1.165) is 18.9 Å².